The zero-order valence-corrected chi connectivity index (χ0v) is 11.5. The Bertz CT molecular complexity index is 685. The quantitative estimate of drug-likeness (QED) is 0.782. The number of hydrogen-bond donors (Lipinski definition) is 0. The molecular weight excluding hydrogens is 272 g/mol. The summed E-state index contributed by atoms with van der Waals surface area (Å²) in [7, 11) is -6.94. The van der Waals surface area contributed by atoms with Crippen LogP contribution >= 0.6 is 0 Å². The molecule has 2 rings (SSSR count). The van der Waals surface area contributed by atoms with Gasteiger partial charge in [-0.15, -0.1) is 0 Å². The van der Waals surface area contributed by atoms with Gasteiger partial charge in [-0.25, -0.2) is 16.8 Å². The summed E-state index contributed by atoms with van der Waals surface area (Å²) in [6, 6.07) is 6.99. The molecule has 1 heterocycles. The minimum Gasteiger partial charge on any atom is -0.228 e. The molecule has 0 radical (unpaired) electrons. The maximum Gasteiger partial charge on any atom is 0.172 e. The topological polar surface area (TPSA) is 68.3 Å². The van der Waals surface area contributed by atoms with Gasteiger partial charge in [-0.2, -0.15) is 0 Å². The lowest BCUT2D eigenvalue weighted by Crippen LogP contribution is -2.21. The fraction of sp³-hybridized carbons (Fsp3) is 0.333. The standard InChI is InChI=1S/C12H14O4S2/c1-10-5-2-3-6-11(10)12-9-17(13,14)7-4-8-18(12,15)16/h2-7,12H,8-9H2,1H3. The Morgan fingerprint density at radius 2 is 1.78 bits per heavy atom. The molecule has 0 aromatic heterocycles. The van der Waals surface area contributed by atoms with Gasteiger partial charge >= 0.3 is 0 Å². The SMILES string of the molecule is Cc1ccccc1C1CS(=O)(=O)C=CCS1(=O)=O. The molecule has 6 heteroatoms. The van der Waals surface area contributed by atoms with E-state index >= 15 is 0 Å². The van der Waals surface area contributed by atoms with Crippen molar-refractivity contribution >= 4 is 19.7 Å². The predicted octanol–water partition coefficient (Wildman–Crippen LogP) is 1.39. The second-order valence-electron chi connectivity index (χ2n) is 4.38. The van der Waals surface area contributed by atoms with Crippen molar-refractivity contribution in [3.8, 4) is 0 Å². The van der Waals surface area contributed by atoms with E-state index < -0.39 is 24.9 Å². The number of rotatable bonds is 1. The molecule has 0 bridgehead atoms. The van der Waals surface area contributed by atoms with Crippen LogP contribution in [-0.2, 0) is 19.7 Å². The molecule has 0 N–H and O–H groups in total. The van der Waals surface area contributed by atoms with Crippen LogP contribution in [0, 0.1) is 6.92 Å². The number of hydrogen-bond acceptors (Lipinski definition) is 4. The molecule has 0 spiro atoms. The van der Waals surface area contributed by atoms with Crippen LogP contribution in [-0.4, -0.2) is 28.3 Å². The van der Waals surface area contributed by atoms with E-state index in [0.29, 0.717) is 5.56 Å². The molecule has 0 aliphatic carbocycles. The van der Waals surface area contributed by atoms with Crippen molar-refractivity contribution in [1.29, 1.82) is 0 Å². The third-order valence-corrected chi connectivity index (χ3v) is 6.55. The Kier molecular flexibility index (Phi) is 3.33. The van der Waals surface area contributed by atoms with Crippen LogP contribution in [0.4, 0.5) is 0 Å². The van der Waals surface area contributed by atoms with E-state index in [1.165, 1.54) is 6.08 Å². The van der Waals surface area contributed by atoms with E-state index in [1.54, 1.807) is 31.2 Å². The first kappa shape index (κ1) is 13.3. The fourth-order valence-corrected chi connectivity index (χ4v) is 5.91. The summed E-state index contributed by atoms with van der Waals surface area (Å²) in [6.07, 6.45) is 1.21. The highest BCUT2D eigenvalue weighted by Gasteiger charge is 2.33. The first-order chi connectivity index (χ1) is 8.32. The van der Waals surface area contributed by atoms with Crippen LogP contribution in [0.25, 0.3) is 0 Å². The normalized spacial score (nSPS) is 25.5. The van der Waals surface area contributed by atoms with Gasteiger partial charge in [0.2, 0.25) is 0 Å². The van der Waals surface area contributed by atoms with Gasteiger partial charge in [0.05, 0.1) is 11.5 Å². The Morgan fingerprint density at radius 1 is 1.11 bits per heavy atom. The van der Waals surface area contributed by atoms with E-state index in [-0.39, 0.29) is 11.5 Å². The van der Waals surface area contributed by atoms with E-state index in [4.69, 9.17) is 0 Å². The van der Waals surface area contributed by atoms with Crippen molar-refractivity contribution in [1.82, 2.24) is 0 Å². The van der Waals surface area contributed by atoms with Gasteiger partial charge in [-0.05, 0) is 18.1 Å². The maximum atomic E-state index is 12.1. The van der Waals surface area contributed by atoms with E-state index in [0.717, 1.165) is 11.0 Å². The van der Waals surface area contributed by atoms with Crippen LogP contribution < -0.4 is 0 Å². The molecule has 0 saturated carbocycles. The Morgan fingerprint density at radius 3 is 2.44 bits per heavy atom. The molecule has 0 amide bonds. The monoisotopic (exact) mass is 286 g/mol. The van der Waals surface area contributed by atoms with Gasteiger partial charge in [0.15, 0.2) is 19.7 Å². The third-order valence-electron chi connectivity index (χ3n) is 2.98. The lowest BCUT2D eigenvalue weighted by molar-refractivity contribution is 0.582. The van der Waals surface area contributed by atoms with Crippen molar-refractivity contribution < 1.29 is 16.8 Å². The Balaban J connectivity index is 2.58. The number of aryl methyl sites for hydroxylation is 1. The summed E-state index contributed by atoms with van der Waals surface area (Å²) in [5, 5.41) is 0.0294. The molecule has 1 atom stereocenters. The lowest BCUT2D eigenvalue weighted by atomic mass is 10.1. The lowest BCUT2D eigenvalue weighted by Gasteiger charge is -2.16. The van der Waals surface area contributed by atoms with E-state index in [1.807, 2.05) is 0 Å². The molecule has 0 fully saturated rings. The molecular formula is C12H14O4S2. The molecule has 4 nitrogen and oxygen atoms in total. The number of benzene rings is 1. The Hall–Kier alpha value is -1.14. The largest absolute Gasteiger partial charge is 0.228 e. The highest BCUT2D eigenvalue weighted by molar-refractivity contribution is 7.97. The van der Waals surface area contributed by atoms with Gasteiger partial charge in [0, 0.05) is 5.41 Å². The fourth-order valence-electron chi connectivity index (χ4n) is 2.04. The molecule has 98 valence electrons. The number of sulfone groups is 2. The van der Waals surface area contributed by atoms with Crippen molar-refractivity contribution in [3.63, 3.8) is 0 Å². The summed E-state index contributed by atoms with van der Waals surface area (Å²) in [5.74, 6) is -0.609. The second-order valence-corrected chi connectivity index (χ2v) is 8.54. The second kappa shape index (κ2) is 4.51. The zero-order valence-electron chi connectivity index (χ0n) is 9.91. The van der Waals surface area contributed by atoms with E-state index in [2.05, 4.69) is 0 Å². The third kappa shape index (κ3) is 2.64. The van der Waals surface area contributed by atoms with E-state index in [9.17, 15) is 16.8 Å². The van der Waals surface area contributed by atoms with Crippen LogP contribution in [0.2, 0.25) is 0 Å². The van der Waals surface area contributed by atoms with Crippen molar-refractivity contribution in [2.24, 2.45) is 0 Å². The highest BCUT2D eigenvalue weighted by Crippen LogP contribution is 2.29. The smallest absolute Gasteiger partial charge is 0.172 e. The minimum absolute atomic E-state index is 0.231. The average molecular weight is 286 g/mol. The zero-order chi connectivity index (χ0) is 13.4. The maximum absolute atomic E-state index is 12.1. The summed E-state index contributed by atoms with van der Waals surface area (Å²) < 4.78 is 47.7. The molecule has 18 heavy (non-hydrogen) atoms. The molecule has 1 aliphatic rings. The summed E-state index contributed by atoms with van der Waals surface area (Å²) in [6.45, 7) is 1.79. The highest BCUT2D eigenvalue weighted by atomic mass is 32.2. The van der Waals surface area contributed by atoms with Crippen molar-refractivity contribution in [2.75, 3.05) is 11.5 Å². The predicted molar refractivity (Wildman–Crippen MR) is 70.6 cm³/mol. The van der Waals surface area contributed by atoms with Gasteiger partial charge in [-0.1, -0.05) is 30.3 Å². The first-order valence-corrected chi connectivity index (χ1v) is 8.91. The van der Waals surface area contributed by atoms with Gasteiger partial charge in [0.25, 0.3) is 0 Å². The summed E-state index contributed by atoms with van der Waals surface area (Å²) >= 11 is 0. The summed E-state index contributed by atoms with van der Waals surface area (Å²) in [4.78, 5) is 0. The van der Waals surface area contributed by atoms with Crippen molar-refractivity contribution in [3.05, 3.63) is 46.9 Å². The van der Waals surface area contributed by atoms with Gasteiger partial charge < -0.3 is 0 Å². The average Bonchev–Trinajstić information content (AvgIpc) is 2.36. The molecule has 0 saturated heterocycles. The van der Waals surface area contributed by atoms with Crippen LogP contribution in [0.1, 0.15) is 16.4 Å². The first-order valence-electron chi connectivity index (χ1n) is 5.48. The van der Waals surface area contributed by atoms with Crippen LogP contribution in [0.3, 0.4) is 0 Å². The molecule has 1 aliphatic heterocycles. The van der Waals surface area contributed by atoms with Gasteiger partial charge in [-0.3, -0.25) is 0 Å². The van der Waals surface area contributed by atoms with Crippen LogP contribution in [0.5, 0.6) is 0 Å². The van der Waals surface area contributed by atoms with Gasteiger partial charge in [0.1, 0.15) is 5.25 Å². The molecule has 1 aromatic rings. The van der Waals surface area contributed by atoms with Crippen molar-refractivity contribution in [2.45, 2.75) is 12.2 Å². The molecule has 1 aromatic carbocycles. The van der Waals surface area contributed by atoms with Crippen LogP contribution in [0.15, 0.2) is 35.7 Å². The summed E-state index contributed by atoms with van der Waals surface area (Å²) in [5.41, 5.74) is 1.37. The Labute approximate surface area is 107 Å². The molecule has 1 unspecified atom stereocenters. The minimum atomic E-state index is -3.47.